The number of hydrogen-bond donors (Lipinski definition) is 2. The van der Waals surface area contributed by atoms with Crippen LogP contribution in [0.3, 0.4) is 0 Å². The fourth-order valence-corrected chi connectivity index (χ4v) is 5.37. The Morgan fingerprint density at radius 3 is 2.12 bits per heavy atom. The monoisotopic (exact) mass is 576 g/mol. The predicted octanol–water partition coefficient (Wildman–Crippen LogP) is 7.74. The zero-order valence-electron chi connectivity index (χ0n) is 23.6. The number of nitro benzene ring substituents is 1. The van der Waals surface area contributed by atoms with Gasteiger partial charge in [0.1, 0.15) is 5.82 Å². The van der Waals surface area contributed by atoms with Crippen molar-refractivity contribution >= 4 is 29.2 Å². The normalized spacial score (nSPS) is 12.0. The molecule has 2 amide bonds. The third-order valence-electron chi connectivity index (χ3n) is 6.60. The zero-order valence-corrected chi connectivity index (χ0v) is 24.4. The first kappa shape index (κ1) is 29.7. The molecule has 1 atom stereocenters. The maximum Gasteiger partial charge on any atom is 0.319 e. The topological polar surface area (TPSA) is 115 Å². The second kappa shape index (κ2) is 12.9. The number of hydrogen-bond acceptors (Lipinski definition) is 6. The molecule has 1 aromatic heterocycles. The Hall–Kier alpha value is -4.25. The van der Waals surface area contributed by atoms with Crippen molar-refractivity contribution in [1.29, 1.82) is 0 Å². The van der Waals surface area contributed by atoms with Crippen LogP contribution in [0.5, 0.6) is 0 Å². The minimum atomic E-state index is -0.563. The standard InChI is InChI=1S/C30H33FN6O3S/c1-18(2)25-7-6-8-26(19(3)4)27(25)33-29(38)32-20(5)28-34-35-30(41-17-21-9-11-22(31)12-10-21)36(28)23-13-15-24(16-14-23)37(39)40/h6-16,18-20H,17H2,1-5H3,(H2,32,33,38). The first-order chi connectivity index (χ1) is 19.5. The van der Waals surface area contributed by atoms with Crippen LogP contribution in [0, 0.1) is 15.9 Å². The van der Waals surface area contributed by atoms with E-state index in [1.165, 1.54) is 36.0 Å². The van der Waals surface area contributed by atoms with Crippen LogP contribution in [0.25, 0.3) is 5.69 Å². The molecule has 0 spiro atoms. The van der Waals surface area contributed by atoms with Crippen LogP contribution in [0.15, 0.2) is 71.9 Å². The molecule has 1 unspecified atom stereocenters. The fraction of sp³-hybridized carbons (Fsp3) is 0.300. The molecule has 11 heteroatoms. The molecule has 1 heterocycles. The van der Waals surface area contributed by atoms with Crippen LogP contribution in [-0.2, 0) is 5.75 Å². The summed E-state index contributed by atoms with van der Waals surface area (Å²) < 4.78 is 15.1. The summed E-state index contributed by atoms with van der Waals surface area (Å²) in [6, 6.07) is 17.4. The summed E-state index contributed by atoms with van der Waals surface area (Å²) in [6.45, 7) is 10.1. The lowest BCUT2D eigenvalue weighted by atomic mass is 9.93. The van der Waals surface area contributed by atoms with Gasteiger partial charge in [-0.2, -0.15) is 0 Å². The molecule has 2 N–H and O–H groups in total. The summed E-state index contributed by atoms with van der Waals surface area (Å²) in [6.07, 6.45) is 0. The van der Waals surface area contributed by atoms with Gasteiger partial charge in [-0.1, -0.05) is 69.8 Å². The van der Waals surface area contributed by atoms with E-state index in [2.05, 4.69) is 48.5 Å². The Balaban J connectivity index is 1.62. The second-order valence-corrected chi connectivity index (χ2v) is 11.2. The van der Waals surface area contributed by atoms with Crippen molar-refractivity contribution < 1.29 is 14.1 Å². The smallest absolute Gasteiger partial charge is 0.319 e. The summed E-state index contributed by atoms with van der Waals surface area (Å²) in [5, 5.41) is 26.5. The number of carbonyl (C=O) groups excluding carboxylic acids is 1. The number of carbonyl (C=O) groups is 1. The molecule has 3 aromatic carbocycles. The zero-order chi connectivity index (χ0) is 29.7. The Morgan fingerprint density at radius 1 is 0.951 bits per heavy atom. The summed E-state index contributed by atoms with van der Waals surface area (Å²) in [5.41, 5.74) is 4.36. The molecule has 4 aromatic rings. The first-order valence-electron chi connectivity index (χ1n) is 13.3. The third kappa shape index (κ3) is 7.10. The number of rotatable bonds is 10. The van der Waals surface area contributed by atoms with Gasteiger partial charge in [-0.25, -0.2) is 9.18 Å². The minimum absolute atomic E-state index is 0.0424. The van der Waals surface area contributed by atoms with Crippen molar-refractivity contribution in [2.45, 2.75) is 63.4 Å². The highest BCUT2D eigenvalue weighted by molar-refractivity contribution is 7.98. The van der Waals surface area contributed by atoms with Crippen LogP contribution in [0.4, 0.5) is 20.6 Å². The van der Waals surface area contributed by atoms with E-state index in [4.69, 9.17) is 0 Å². The van der Waals surface area contributed by atoms with Gasteiger partial charge in [-0.15, -0.1) is 10.2 Å². The van der Waals surface area contributed by atoms with Gasteiger partial charge in [-0.3, -0.25) is 14.7 Å². The quantitative estimate of drug-likeness (QED) is 0.113. The lowest BCUT2D eigenvalue weighted by molar-refractivity contribution is -0.384. The lowest BCUT2D eigenvalue weighted by Crippen LogP contribution is -2.33. The summed E-state index contributed by atoms with van der Waals surface area (Å²) in [4.78, 5) is 24.0. The Labute approximate surface area is 242 Å². The maximum atomic E-state index is 13.4. The summed E-state index contributed by atoms with van der Waals surface area (Å²) in [5.74, 6) is 1.07. The average Bonchev–Trinajstić information content (AvgIpc) is 3.36. The highest BCUT2D eigenvalue weighted by Gasteiger charge is 2.23. The molecule has 0 bridgehead atoms. The van der Waals surface area contributed by atoms with E-state index in [0.717, 1.165) is 22.4 Å². The number of anilines is 1. The van der Waals surface area contributed by atoms with Gasteiger partial charge in [-0.05, 0) is 59.7 Å². The van der Waals surface area contributed by atoms with Gasteiger partial charge in [0.15, 0.2) is 11.0 Å². The summed E-state index contributed by atoms with van der Waals surface area (Å²) in [7, 11) is 0. The Kier molecular flexibility index (Phi) is 9.38. The van der Waals surface area contributed by atoms with Crippen molar-refractivity contribution in [3.8, 4) is 5.69 Å². The van der Waals surface area contributed by atoms with Crippen molar-refractivity contribution in [2.75, 3.05) is 5.32 Å². The molecular formula is C30H33FN6O3S. The van der Waals surface area contributed by atoms with Crippen molar-refractivity contribution in [1.82, 2.24) is 20.1 Å². The molecule has 0 saturated heterocycles. The SMILES string of the molecule is CC(C)c1cccc(C(C)C)c1NC(=O)NC(C)c1nnc(SCc2ccc(F)cc2)n1-c1ccc([N+](=O)[O-])cc1. The van der Waals surface area contributed by atoms with Crippen LogP contribution >= 0.6 is 11.8 Å². The number of nitrogens with one attached hydrogen (secondary N) is 2. The highest BCUT2D eigenvalue weighted by atomic mass is 32.2. The van der Waals surface area contributed by atoms with E-state index in [1.807, 2.05) is 18.2 Å². The van der Waals surface area contributed by atoms with Crippen LogP contribution < -0.4 is 10.6 Å². The predicted molar refractivity (Wildman–Crippen MR) is 159 cm³/mol. The lowest BCUT2D eigenvalue weighted by Gasteiger charge is -2.22. The van der Waals surface area contributed by atoms with Gasteiger partial charge >= 0.3 is 6.03 Å². The van der Waals surface area contributed by atoms with Crippen molar-refractivity contribution in [3.05, 3.63) is 105 Å². The number of halogens is 1. The molecule has 4 rings (SSSR count). The molecule has 9 nitrogen and oxygen atoms in total. The van der Waals surface area contributed by atoms with Crippen molar-refractivity contribution in [2.24, 2.45) is 0 Å². The first-order valence-corrected chi connectivity index (χ1v) is 14.3. The molecule has 0 aliphatic rings. The number of amides is 2. The van der Waals surface area contributed by atoms with E-state index < -0.39 is 11.0 Å². The Morgan fingerprint density at radius 2 is 1.56 bits per heavy atom. The highest BCUT2D eigenvalue weighted by Crippen LogP contribution is 2.33. The minimum Gasteiger partial charge on any atom is -0.328 e. The molecule has 0 aliphatic carbocycles. The van der Waals surface area contributed by atoms with Gasteiger partial charge in [0.25, 0.3) is 5.69 Å². The van der Waals surface area contributed by atoms with Gasteiger partial charge in [0, 0.05) is 29.3 Å². The number of thioether (sulfide) groups is 1. The number of aromatic nitrogens is 3. The van der Waals surface area contributed by atoms with Gasteiger partial charge in [0.05, 0.1) is 11.0 Å². The molecule has 0 radical (unpaired) electrons. The largest absolute Gasteiger partial charge is 0.328 e. The van der Waals surface area contributed by atoms with Crippen LogP contribution in [0.2, 0.25) is 0 Å². The maximum absolute atomic E-state index is 13.4. The molecule has 0 saturated carbocycles. The van der Waals surface area contributed by atoms with E-state index in [0.29, 0.717) is 22.4 Å². The van der Waals surface area contributed by atoms with E-state index in [-0.39, 0.29) is 29.4 Å². The number of urea groups is 1. The number of benzene rings is 3. The molecule has 41 heavy (non-hydrogen) atoms. The van der Waals surface area contributed by atoms with Gasteiger partial charge < -0.3 is 10.6 Å². The Bertz CT molecular complexity index is 1490. The number of para-hydroxylation sites is 1. The molecule has 214 valence electrons. The van der Waals surface area contributed by atoms with Crippen molar-refractivity contribution in [3.63, 3.8) is 0 Å². The number of non-ortho nitro benzene ring substituents is 1. The van der Waals surface area contributed by atoms with E-state index in [1.54, 1.807) is 35.8 Å². The third-order valence-corrected chi connectivity index (χ3v) is 7.60. The molecule has 0 fully saturated rings. The number of nitro groups is 1. The summed E-state index contributed by atoms with van der Waals surface area (Å²) >= 11 is 1.39. The fourth-order valence-electron chi connectivity index (χ4n) is 4.46. The van der Waals surface area contributed by atoms with Gasteiger partial charge in [0.2, 0.25) is 0 Å². The second-order valence-electron chi connectivity index (χ2n) is 10.3. The van der Waals surface area contributed by atoms with E-state index in [9.17, 15) is 19.3 Å². The average molecular weight is 577 g/mol. The number of nitrogens with zero attached hydrogens (tertiary/aromatic N) is 4. The van der Waals surface area contributed by atoms with Crippen LogP contribution in [0.1, 0.15) is 75.0 Å². The molecule has 0 aliphatic heterocycles. The molecular weight excluding hydrogens is 543 g/mol. The van der Waals surface area contributed by atoms with Crippen LogP contribution in [-0.4, -0.2) is 25.7 Å². The van der Waals surface area contributed by atoms with E-state index >= 15 is 0 Å².